The van der Waals surface area contributed by atoms with Gasteiger partial charge in [-0.1, -0.05) is 0 Å². The molecule has 1 saturated heterocycles. The lowest BCUT2D eigenvalue weighted by molar-refractivity contribution is -0.121. The van der Waals surface area contributed by atoms with Crippen LogP contribution in [0.2, 0.25) is 0 Å². The van der Waals surface area contributed by atoms with E-state index in [1.54, 1.807) is 13.2 Å². The highest BCUT2D eigenvalue weighted by molar-refractivity contribution is 5.82. The number of nitrogens with one attached hydrogen (secondary N) is 1. The number of hydrogen-bond acceptors (Lipinski definition) is 6. The standard InChI is InChI=1S/C22H30N2O5/c1-14-12-24(13-15(2)28-14)10-9-23-21(25)8-7-19-16(3)18-6-5-17(27-4)11-20(18)29-22(19)26/h5-6,11,14-15H,7-10,12-13H2,1-4H3,(H,23,25). The average molecular weight is 402 g/mol. The molecule has 1 amide bonds. The molecule has 1 aromatic carbocycles. The van der Waals surface area contributed by atoms with Crippen molar-refractivity contribution in [3.8, 4) is 5.75 Å². The van der Waals surface area contributed by atoms with E-state index in [0.29, 0.717) is 29.9 Å². The first-order valence-electron chi connectivity index (χ1n) is 10.1. The van der Waals surface area contributed by atoms with Gasteiger partial charge in [0.15, 0.2) is 0 Å². The molecule has 3 rings (SSSR count). The molecule has 1 aliphatic heterocycles. The Morgan fingerprint density at radius 3 is 2.69 bits per heavy atom. The fourth-order valence-corrected chi connectivity index (χ4v) is 3.94. The predicted octanol–water partition coefficient (Wildman–Crippen LogP) is 2.27. The van der Waals surface area contributed by atoms with Gasteiger partial charge in [0.2, 0.25) is 5.91 Å². The van der Waals surface area contributed by atoms with Crippen LogP contribution in [0.4, 0.5) is 0 Å². The van der Waals surface area contributed by atoms with Gasteiger partial charge in [-0.05, 0) is 44.9 Å². The van der Waals surface area contributed by atoms with Crippen molar-refractivity contribution in [1.82, 2.24) is 10.2 Å². The fraction of sp³-hybridized carbons (Fsp3) is 0.545. The van der Waals surface area contributed by atoms with Gasteiger partial charge in [-0.3, -0.25) is 9.69 Å². The summed E-state index contributed by atoms with van der Waals surface area (Å²) in [6.07, 6.45) is 1.03. The van der Waals surface area contributed by atoms with Crippen molar-refractivity contribution in [3.63, 3.8) is 0 Å². The van der Waals surface area contributed by atoms with Crippen molar-refractivity contribution in [2.45, 2.75) is 45.8 Å². The Hall–Kier alpha value is -2.38. The number of methoxy groups -OCH3 is 1. The second-order valence-corrected chi connectivity index (χ2v) is 7.72. The zero-order valence-electron chi connectivity index (χ0n) is 17.6. The summed E-state index contributed by atoms with van der Waals surface area (Å²) < 4.78 is 16.3. The number of morpholine rings is 1. The molecule has 2 atom stereocenters. The average Bonchev–Trinajstić information content (AvgIpc) is 2.66. The van der Waals surface area contributed by atoms with Gasteiger partial charge < -0.3 is 19.2 Å². The Kier molecular flexibility index (Phi) is 6.92. The minimum absolute atomic E-state index is 0.0621. The SMILES string of the molecule is COc1ccc2c(C)c(CCC(=O)NCCN3CC(C)OC(C)C3)c(=O)oc2c1. The molecular formula is C22H30N2O5. The first-order chi connectivity index (χ1) is 13.9. The highest BCUT2D eigenvalue weighted by Gasteiger charge is 2.21. The highest BCUT2D eigenvalue weighted by Crippen LogP contribution is 2.24. The second-order valence-electron chi connectivity index (χ2n) is 7.72. The Bertz CT molecular complexity index is 913. The first kappa shape index (κ1) is 21.3. The van der Waals surface area contributed by atoms with Gasteiger partial charge in [0.1, 0.15) is 11.3 Å². The van der Waals surface area contributed by atoms with Crippen LogP contribution in [-0.4, -0.2) is 56.3 Å². The van der Waals surface area contributed by atoms with Crippen molar-refractivity contribution in [2.75, 3.05) is 33.3 Å². The number of carbonyl (C=O) groups is 1. The summed E-state index contributed by atoms with van der Waals surface area (Å²) >= 11 is 0. The molecule has 1 aromatic heterocycles. The van der Waals surface area contributed by atoms with E-state index in [4.69, 9.17) is 13.9 Å². The Morgan fingerprint density at radius 2 is 2.00 bits per heavy atom. The third kappa shape index (κ3) is 5.36. The van der Waals surface area contributed by atoms with Gasteiger partial charge >= 0.3 is 5.63 Å². The molecule has 2 aromatic rings. The third-order valence-corrected chi connectivity index (χ3v) is 5.34. The van der Waals surface area contributed by atoms with Crippen molar-refractivity contribution in [1.29, 1.82) is 0 Å². The van der Waals surface area contributed by atoms with E-state index in [-0.39, 0.29) is 24.5 Å². The summed E-state index contributed by atoms with van der Waals surface area (Å²) in [5.41, 5.74) is 1.50. The number of amides is 1. The molecule has 0 aliphatic carbocycles. The van der Waals surface area contributed by atoms with Crippen LogP contribution in [0.15, 0.2) is 27.4 Å². The van der Waals surface area contributed by atoms with Gasteiger partial charge in [0.25, 0.3) is 0 Å². The quantitative estimate of drug-likeness (QED) is 0.716. The number of ether oxygens (including phenoxy) is 2. The van der Waals surface area contributed by atoms with Crippen LogP contribution in [0.25, 0.3) is 11.0 Å². The minimum Gasteiger partial charge on any atom is -0.497 e. The summed E-state index contributed by atoms with van der Waals surface area (Å²) in [4.78, 5) is 26.9. The van der Waals surface area contributed by atoms with Crippen LogP contribution >= 0.6 is 0 Å². The molecular weight excluding hydrogens is 372 g/mol. The number of rotatable bonds is 7. The van der Waals surface area contributed by atoms with E-state index in [0.717, 1.165) is 30.6 Å². The molecule has 0 saturated carbocycles. The summed E-state index contributed by atoms with van der Waals surface area (Å²) in [6, 6.07) is 5.41. The third-order valence-electron chi connectivity index (χ3n) is 5.34. The predicted molar refractivity (Wildman–Crippen MR) is 112 cm³/mol. The van der Waals surface area contributed by atoms with Crippen molar-refractivity contribution in [3.05, 3.63) is 39.7 Å². The van der Waals surface area contributed by atoms with E-state index in [1.807, 2.05) is 19.1 Å². The Morgan fingerprint density at radius 1 is 1.28 bits per heavy atom. The van der Waals surface area contributed by atoms with Gasteiger partial charge in [-0.2, -0.15) is 0 Å². The Labute approximate surface area is 171 Å². The summed E-state index contributed by atoms with van der Waals surface area (Å²) in [5.74, 6) is 0.573. The number of aryl methyl sites for hydroxylation is 1. The molecule has 7 nitrogen and oxygen atoms in total. The lowest BCUT2D eigenvalue weighted by Gasteiger charge is -2.35. The summed E-state index contributed by atoms with van der Waals surface area (Å²) in [6.45, 7) is 9.15. The normalized spacial score (nSPS) is 20.0. The van der Waals surface area contributed by atoms with Gasteiger partial charge in [-0.15, -0.1) is 0 Å². The number of nitrogens with zero attached hydrogens (tertiary/aromatic N) is 1. The summed E-state index contributed by atoms with van der Waals surface area (Å²) in [5, 5.41) is 3.81. The van der Waals surface area contributed by atoms with Crippen LogP contribution in [-0.2, 0) is 16.0 Å². The lowest BCUT2D eigenvalue weighted by atomic mass is 10.0. The fourth-order valence-electron chi connectivity index (χ4n) is 3.94. The van der Waals surface area contributed by atoms with Crippen LogP contribution < -0.4 is 15.7 Å². The maximum atomic E-state index is 12.4. The maximum absolute atomic E-state index is 12.4. The number of carbonyl (C=O) groups excluding carboxylic acids is 1. The molecule has 0 bridgehead atoms. The number of benzene rings is 1. The van der Waals surface area contributed by atoms with Crippen LogP contribution in [0.1, 0.15) is 31.4 Å². The van der Waals surface area contributed by atoms with Crippen LogP contribution in [0, 0.1) is 6.92 Å². The number of fused-ring (bicyclic) bond motifs is 1. The zero-order valence-corrected chi connectivity index (χ0v) is 17.6. The summed E-state index contributed by atoms with van der Waals surface area (Å²) in [7, 11) is 1.57. The largest absolute Gasteiger partial charge is 0.497 e. The molecule has 1 N–H and O–H groups in total. The van der Waals surface area contributed by atoms with E-state index < -0.39 is 5.63 Å². The van der Waals surface area contributed by atoms with E-state index in [2.05, 4.69) is 24.1 Å². The Balaban J connectivity index is 1.54. The second kappa shape index (κ2) is 9.41. The smallest absolute Gasteiger partial charge is 0.339 e. The molecule has 1 fully saturated rings. The van der Waals surface area contributed by atoms with Crippen LogP contribution in [0.3, 0.4) is 0 Å². The van der Waals surface area contributed by atoms with Gasteiger partial charge in [-0.25, -0.2) is 4.79 Å². The van der Waals surface area contributed by atoms with Crippen LogP contribution in [0.5, 0.6) is 5.75 Å². The molecule has 2 heterocycles. The maximum Gasteiger partial charge on any atom is 0.339 e. The monoisotopic (exact) mass is 402 g/mol. The minimum atomic E-state index is -0.396. The molecule has 29 heavy (non-hydrogen) atoms. The van der Waals surface area contributed by atoms with E-state index >= 15 is 0 Å². The molecule has 1 aliphatic rings. The molecule has 0 spiro atoms. The molecule has 0 radical (unpaired) electrons. The van der Waals surface area contributed by atoms with Crippen molar-refractivity contribution < 1.29 is 18.7 Å². The van der Waals surface area contributed by atoms with Crippen molar-refractivity contribution >= 4 is 16.9 Å². The first-order valence-corrected chi connectivity index (χ1v) is 10.1. The topological polar surface area (TPSA) is 81.0 Å². The zero-order chi connectivity index (χ0) is 21.0. The van der Waals surface area contributed by atoms with Crippen molar-refractivity contribution in [2.24, 2.45) is 0 Å². The molecule has 2 unspecified atom stereocenters. The molecule has 7 heteroatoms. The molecule has 158 valence electrons. The van der Waals surface area contributed by atoms with E-state index in [1.165, 1.54) is 0 Å². The van der Waals surface area contributed by atoms with Gasteiger partial charge in [0.05, 0.1) is 19.3 Å². The van der Waals surface area contributed by atoms with E-state index in [9.17, 15) is 9.59 Å². The van der Waals surface area contributed by atoms with Gasteiger partial charge in [0, 0.05) is 49.6 Å². The lowest BCUT2D eigenvalue weighted by Crippen LogP contribution is -2.47. The highest BCUT2D eigenvalue weighted by atomic mass is 16.5. The number of hydrogen-bond donors (Lipinski definition) is 1.